The molecule has 0 radical (unpaired) electrons. The molecule has 0 aromatic heterocycles. The van der Waals surface area contributed by atoms with Gasteiger partial charge in [0.1, 0.15) is 5.75 Å². The van der Waals surface area contributed by atoms with Crippen molar-refractivity contribution in [1.29, 1.82) is 0 Å². The summed E-state index contributed by atoms with van der Waals surface area (Å²) >= 11 is 0. The maximum atomic E-state index is 6.32. The molecule has 3 unspecified atom stereocenters. The van der Waals surface area contributed by atoms with Crippen LogP contribution in [0.2, 0.25) is 0 Å². The summed E-state index contributed by atoms with van der Waals surface area (Å²) < 4.78 is 6.32. The van der Waals surface area contributed by atoms with E-state index in [9.17, 15) is 0 Å². The highest BCUT2D eigenvalue weighted by molar-refractivity contribution is 5.37. The molecule has 3 atom stereocenters. The minimum atomic E-state index is 0.393. The average Bonchev–Trinajstić information content (AvgIpc) is 2.43. The number of ether oxygens (including phenoxy) is 1. The van der Waals surface area contributed by atoms with Gasteiger partial charge in [-0.15, -0.1) is 0 Å². The van der Waals surface area contributed by atoms with Crippen molar-refractivity contribution in [1.82, 2.24) is 5.32 Å². The number of rotatable bonds is 5. The summed E-state index contributed by atoms with van der Waals surface area (Å²) in [5.41, 5.74) is 2.59. The van der Waals surface area contributed by atoms with E-state index in [0.29, 0.717) is 6.10 Å². The van der Waals surface area contributed by atoms with Crippen LogP contribution in [-0.2, 0) is 6.54 Å². The quantitative estimate of drug-likeness (QED) is 0.864. The van der Waals surface area contributed by atoms with Crippen LogP contribution in [-0.4, -0.2) is 12.6 Å². The van der Waals surface area contributed by atoms with Crippen molar-refractivity contribution in [3.63, 3.8) is 0 Å². The highest BCUT2D eigenvalue weighted by atomic mass is 16.5. The van der Waals surface area contributed by atoms with Crippen molar-refractivity contribution in [2.75, 3.05) is 6.54 Å². The molecule has 0 aliphatic heterocycles. The van der Waals surface area contributed by atoms with Crippen LogP contribution in [0.3, 0.4) is 0 Å². The number of hydrogen-bond donors (Lipinski definition) is 1. The second kappa shape index (κ2) is 7.12. The van der Waals surface area contributed by atoms with E-state index in [2.05, 4.69) is 51.2 Å². The Morgan fingerprint density at radius 1 is 1.20 bits per heavy atom. The molecular weight excluding hydrogens is 246 g/mol. The van der Waals surface area contributed by atoms with Crippen molar-refractivity contribution in [3.05, 3.63) is 29.3 Å². The Kier molecular flexibility index (Phi) is 5.47. The van der Waals surface area contributed by atoms with E-state index in [0.717, 1.165) is 30.7 Å². The van der Waals surface area contributed by atoms with Gasteiger partial charge in [0, 0.05) is 12.1 Å². The molecule has 0 heterocycles. The van der Waals surface area contributed by atoms with Crippen molar-refractivity contribution in [3.8, 4) is 5.75 Å². The molecule has 20 heavy (non-hydrogen) atoms. The molecule has 0 saturated heterocycles. The number of hydrogen-bond acceptors (Lipinski definition) is 2. The Labute approximate surface area is 123 Å². The third kappa shape index (κ3) is 3.99. The molecule has 1 N–H and O–H groups in total. The maximum Gasteiger partial charge on any atom is 0.124 e. The van der Waals surface area contributed by atoms with Gasteiger partial charge in [0.15, 0.2) is 0 Å². The second-order valence-corrected chi connectivity index (χ2v) is 6.40. The minimum absolute atomic E-state index is 0.393. The Balaban J connectivity index is 2.04. The van der Waals surface area contributed by atoms with Crippen LogP contribution in [0, 0.1) is 18.8 Å². The van der Waals surface area contributed by atoms with Gasteiger partial charge in [-0.3, -0.25) is 0 Å². The fourth-order valence-corrected chi connectivity index (χ4v) is 3.01. The fraction of sp³-hybridized carbons (Fsp3) is 0.667. The van der Waals surface area contributed by atoms with Crippen molar-refractivity contribution < 1.29 is 4.74 Å². The second-order valence-electron chi connectivity index (χ2n) is 6.40. The minimum Gasteiger partial charge on any atom is -0.490 e. The Hall–Kier alpha value is -1.02. The first-order chi connectivity index (χ1) is 9.60. The summed E-state index contributed by atoms with van der Waals surface area (Å²) in [5, 5.41) is 3.41. The molecule has 1 aliphatic rings. The molecule has 2 rings (SSSR count). The lowest BCUT2D eigenvalue weighted by atomic mass is 9.80. The van der Waals surface area contributed by atoms with Crippen LogP contribution in [0.25, 0.3) is 0 Å². The topological polar surface area (TPSA) is 21.3 Å². The van der Waals surface area contributed by atoms with E-state index in [1.165, 1.54) is 30.4 Å². The largest absolute Gasteiger partial charge is 0.490 e. The molecular formula is C18H29NO. The van der Waals surface area contributed by atoms with Crippen LogP contribution in [0.5, 0.6) is 5.75 Å². The smallest absolute Gasteiger partial charge is 0.124 e. The molecule has 0 spiro atoms. The molecule has 1 saturated carbocycles. The zero-order valence-corrected chi connectivity index (χ0v) is 13.4. The van der Waals surface area contributed by atoms with Gasteiger partial charge in [-0.05, 0) is 50.6 Å². The van der Waals surface area contributed by atoms with Crippen LogP contribution < -0.4 is 10.1 Å². The molecule has 1 aromatic carbocycles. The van der Waals surface area contributed by atoms with Gasteiger partial charge in [0.05, 0.1) is 6.10 Å². The van der Waals surface area contributed by atoms with E-state index in [1.54, 1.807) is 0 Å². The molecule has 0 bridgehead atoms. The summed E-state index contributed by atoms with van der Waals surface area (Å²) in [7, 11) is 0. The van der Waals surface area contributed by atoms with Gasteiger partial charge >= 0.3 is 0 Å². The van der Waals surface area contributed by atoms with Crippen LogP contribution >= 0.6 is 0 Å². The molecule has 1 fully saturated rings. The summed E-state index contributed by atoms with van der Waals surface area (Å²) in [6.07, 6.45) is 4.07. The van der Waals surface area contributed by atoms with Crippen molar-refractivity contribution >= 4 is 0 Å². The molecule has 112 valence electrons. The van der Waals surface area contributed by atoms with E-state index in [1.807, 2.05) is 0 Å². The zero-order chi connectivity index (χ0) is 14.5. The first-order valence-electron chi connectivity index (χ1n) is 8.07. The molecule has 2 heteroatoms. The van der Waals surface area contributed by atoms with E-state index >= 15 is 0 Å². The Morgan fingerprint density at radius 3 is 2.70 bits per heavy atom. The molecule has 0 amide bonds. The van der Waals surface area contributed by atoms with Crippen LogP contribution in [0.4, 0.5) is 0 Å². The van der Waals surface area contributed by atoms with E-state index in [-0.39, 0.29) is 0 Å². The Bertz CT molecular complexity index is 429. The summed E-state index contributed by atoms with van der Waals surface area (Å²) in [5.74, 6) is 2.69. The highest BCUT2D eigenvalue weighted by Gasteiger charge is 2.26. The third-order valence-corrected chi connectivity index (χ3v) is 4.63. The van der Waals surface area contributed by atoms with Crippen LogP contribution in [0.1, 0.15) is 51.2 Å². The van der Waals surface area contributed by atoms with Gasteiger partial charge in [0.2, 0.25) is 0 Å². The van der Waals surface area contributed by atoms with Gasteiger partial charge in [-0.1, -0.05) is 38.5 Å². The predicted octanol–water partition coefficient (Wildman–Crippen LogP) is 4.31. The molecule has 1 aromatic rings. The van der Waals surface area contributed by atoms with Gasteiger partial charge in [-0.2, -0.15) is 0 Å². The zero-order valence-electron chi connectivity index (χ0n) is 13.4. The third-order valence-electron chi connectivity index (χ3n) is 4.63. The normalized spacial score (nSPS) is 26.5. The number of benzene rings is 1. The summed E-state index contributed by atoms with van der Waals surface area (Å²) in [6, 6.07) is 6.54. The average molecular weight is 275 g/mol. The monoisotopic (exact) mass is 275 g/mol. The predicted molar refractivity (Wildman–Crippen MR) is 85.2 cm³/mol. The van der Waals surface area contributed by atoms with E-state index < -0.39 is 0 Å². The first-order valence-corrected chi connectivity index (χ1v) is 8.07. The van der Waals surface area contributed by atoms with Crippen LogP contribution in [0.15, 0.2) is 18.2 Å². The summed E-state index contributed by atoms with van der Waals surface area (Å²) in [4.78, 5) is 0. The lowest BCUT2D eigenvalue weighted by Crippen LogP contribution is -2.29. The lowest BCUT2D eigenvalue weighted by molar-refractivity contribution is 0.0996. The van der Waals surface area contributed by atoms with Crippen molar-refractivity contribution in [2.24, 2.45) is 11.8 Å². The molecule has 1 aliphatic carbocycles. The van der Waals surface area contributed by atoms with Gasteiger partial charge in [0.25, 0.3) is 0 Å². The van der Waals surface area contributed by atoms with Gasteiger partial charge in [-0.25, -0.2) is 0 Å². The highest BCUT2D eigenvalue weighted by Crippen LogP contribution is 2.32. The Morgan fingerprint density at radius 2 is 2.00 bits per heavy atom. The number of nitrogens with one attached hydrogen (secondary N) is 1. The fourth-order valence-electron chi connectivity index (χ4n) is 3.01. The first kappa shape index (κ1) is 15.4. The standard InChI is InChI=1S/C18H29NO/c1-5-19-12-16-10-13(2)6-9-18(16)20-17-8-7-14(3)15(4)11-17/h6,9-10,14-15,17,19H,5,7-8,11-12H2,1-4H3. The molecule has 2 nitrogen and oxygen atoms in total. The maximum absolute atomic E-state index is 6.32. The summed E-state index contributed by atoms with van der Waals surface area (Å²) in [6.45, 7) is 10.9. The number of aryl methyl sites for hydroxylation is 1. The van der Waals surface area contributed by atoms with Crippen molar-refractivity contribution in [2.45, 2.75) is 59.6 Å². The SMILES string of the molecule is CCNCc1cc(C)ccc1OC1CCC(C)C(C)C1. The lowest BCUT2D eigenvalue weighted by Gasteiger charge is -2.32. The van der Waals surface area contributed by atoms with Gasteiger partial charge < -0.3 is 10.1 Å². The van der Waals surface area contributed by atoms with E-state index in [4.69, 9.17) is 4.74 Å².